The number of carbonyl (C=O) groups is 1. The SMILES string of the molecule is CC(C)CN1CCC(NC(=O)Nc2ccc(F)cc2C#N)CC1. The van der Waals surface area contributed by atoms with E-state index in [0.29, 0.717) is 11.6 Å². The maximum Gasteiger partial charge on any atom is 0.319 e. The average Bonchev–Trinajstić information content (AvgIpc) is 2.50. The number of hydrogen-bond acceptors (Lipinski definition) is 3. The van der Waals surface area contributed by atoms with Crippen LogP contribution >= 0.6 is 0 Å². The van der Waals surface area contributed by atoms with Gasteiger partial charge in [-0.05, 0) is 37.0 Å². The Hall–Kier alpha value is -2.13. The molecule has 0 unspecified atom stereocenters. The molecule has 2 N–H and O–H groups in total. The maximum atomic E-state index is 13.1. The zero-order valence-electron chi connectivity index (χ0n) is 13.6. The maximum absolute atomic E-state index is 13.1. The van der Waals surface area contributed by atoms with Gasteiger partial charge in [-0.2, -0.15) is 5.26 Å². The predicted molar refractivity (Wildman–Crippen MR) is 87.6 cm³/mol. The second kappa shape index (κ2) is 7.93. The summed E-state index contributed by atoms with van der Waals surface area (Å²) < 4.78 is 13.1. The molecule has 0 aromatic heterocycles. The van der Waals surface area contributed by atoms with E-state index in [0.717, 1.165) is 38.5 Å². The van der Waals surface area contributed by atoms with Crippen LogP contribution in [0, 0.1) is 23.1 Å². The van der Waals surface area contributed by atoms with Gasteiger partial charge < -0.3 is 15.5 Å². The fourth-order valence-electron chi connectivity index (χ4n) is 2.84. The van der Waals surface area contributed by atoms with Gasteiger partial charge in [-0.15, -0.1) is 0 Å². The van der Waals surface area contributed by atoms with E-state index < -0.39 is 5.82 Å². The number of piperidine rings is 1. The Kier molecular flexibility index (Phi) is 5.94. The number of nitrogens with one attached hydrogen (secondary N) is 2. The lowest BCUT2D eigenvalue weighted by molar-refractivity contribution is 0.180. The van der Waals surface area contributed by atoms with Crippen molar-refractivity contribution in [3.63, 3.8) is 0 Å². The molecule has 6 heteroatoms. The van der Waals surface area contributed by atoms with Crippen LogP contribution in [0.3, 0.4) is 0 Å². The van der Waals surface area contributed by atoms with Crippen LogP contribution in [0.25, 0.3) is 0 Å². The van der Waals surface area contributed by atoms with Crippen LogP contribution < -0.4 is 10.6 Å². The van der Waals surface area contributed by atoms with Crippen molar-refractivity contribution in [2.45, 2.75) is 32.7 Å². The Bertz CT molecular complexity index is 589. The Morgan fingerprint density at radius 1 is 1.43 bits per heavy atom. The molecule has 1 heterocycles. The summed E-state index contributed by atoms with van der Waals surface area (Å²) in [5.74, 6) is 0.149. The molecular formula is C17H23FN4O. The minimum atomic E-state index is -0.495. The number of likely N-dealkylation sites (tertiary alicyclic amines) is 1. The fourth-order valence-corrected chi connectivity index (χ4v) is 2.84. The van der Waals surface area contributed by atoms with Gasteiger partial charge in [-0.3, -0.25) is 0 Å². The molecule has 1 aromatic rings. The molecule has 0 saturated carbocycles. The first kappa shape index (κ1) is 17.2. The van der Waals surface area contributed by atoms with Gasteiger partial charge in [0.1, 0.15) is 11.9 Å². The van der Waals surface area contributed by atoms with Crippen LogP contribution in [0.1, 0.15) is 32.3 Å². The summed E-state index contributed by atoms with van der Waals surface area (Å²) in [7, 11) is 0. The van der Waals surface area contributed by atoms with Crippen LogP contribution in [0.5, 0.6) is 0 Å². The van der Waals surface area contributed by atoms with Gasteiger partial charge in [0, 0.05) is 25.7 Å². The van der Waals surface area contributed by atoms with Crippen molar-refractivity contribution in [3.05, 3.63) is 29.6 Å². The summed E-state index contributed by atoms with van der Waals surface area (Å²) in [5, 5.41) is 14.5. The zero-order valence-corrected chi connectivity index (χ0v) is 13.6. The van der Waals surface area contributed by atoms with E-state index in [1.54, 1.807) is 0 Å². The van der Waals surface area contributed by atoms with Crippen LogP contribution in [0.4, 0.5) is 14.9 Å². The molecule has 1 aliphatic rings. The second-order valence-electron chi connectivity index (χ2n) is 6.37. The number of hydrogen-bond donors (Lipinski definition) is 2. The Balaban J connectivity index is 1.83. The summed E-state index contributed by atoms with van der Waals surface area (Å²) in [4.78, 5) is 14.5. The number of nitriles is 1. The average molecular weight is 318 g/mol. The van der Waals surface area contributed by atoms with Gasteiger partial charge in [0.2, 0.25) is 0 Å². The van der Waals surface area contributed by atoms with Gasteiger partial charge in [0.25, 0.3) is 0 Å². The second-order valence-corrected chi connectivity index (χ2v) is 6.37. The fraction of sp³-hybridized carbons (Fsp3) is 0.529. The minimum absolute atomic E-state index is 0.118. The molecule has 0 spiro atoms. The van der Waals surface area contributed by atoms with Crippen LogP contribution in [0.2, 0.25) is 0 Å². The monoisotopic (exact) mass is 318 g/mol. The lowest BCUT2D eigenvalue weighted by atomic mass is 10.0. The third-order valence-corrected chi connectivity index (χ3v) is 3.90. The first-order valence-electron chi connectivity index (χ1n) is 7.97. The Labute approximate surface area is 136 Å². The molecule has 124 valence electrons. The molecule has 0 bridgehead atoms. The van der Waals surface area contributed by atoms with E-state index in [4.69, 9.17) is 5.26 Å². The Morgan fingerprint density at radius 2 is 2.13 bits per heavy atom. The third kappa shape index (κ3) is 5.22. The van der Waals surface area contributed by atoms with Gasteiger partial charge in [-0.25, -0.2) is 9.18 Å². The molecule has 23 heavy (non-hydrogen) atoms. The smallest absolute Gasteiger partial charge is 0.319 e. The number of urea groups is 1. The summed E-state index contributed by atoms with van der Waals surface area (Å²) in [5.41, 5.74) is 0.440. The number of halogens is 1. The van der Waals surface area contributed by atoms with E-state index in [-0.39, 0.29) is 17.6 Å². The molecule has 1 aromatic carbocycles. The number of benzene rings is 1. The number of carbonyl (C=O) groups excluding carboxylic acids is 1. The van der Waals surface area contributed by atoms with E-state index in [1.165, 1.54) is 12.1 Å². The molecule has 1 fully saturated rings. The van der Waals surface area contributed by atoms with E-state index in [1.807, 2.05) is 6.07 Å². The van der Waals surface area contributed by atoms with Gasteiger partial charge in [0.05, 0.1) is 11.3 Å². The van der Waals surface area contributed by atoms with Crippen molar-refractivity contribution < 1.29 is 9.18 Å². The van der Waals surface area contributed by atoms with E-state index >= 15 is 0 Å². The summed E-state index contributed by atoms with van der Waals surface area (Å²) in [6, 6.07) is 5.39. The first-order valence-corrected chi connectivity index (χ1v) is 7.97. The number of nitrogens with zero attached hydrogens (tertiary/aromatic N) is 2. The number of amides is 2. The van der Waals surface area contributed by atoms with Gasteiger partial charge in [0.15, 0.2) is 0 Å². The largest absolute Gasteiger partial charge is 0.335 e. The van der Waals surface area contributed by atoms with Gasteiger partial charge >= 0.3 is 6.03 Å². The van der Waals surface area contributed by atoms with Crippen LogP contribution in [-0.4, -0.2) is 36.6 Å². The van der Waals surface area contributed by atoms with Crippen molar-refractivity contribution in [2.75, 3.05) is 25.0 Å². The first-order chi connectivity index (χ1) is 11.0. The van der Waals surface area contributed by atoms with E-state index in [2.05, 4.69) is 29.4 Å². The van der Waals surface area contributed by atoms with Crippen molar-refractivity contribution in [3.8, 4) is 6.07 Å². The lowest BCUT2D eigenvalue weighted by Crippen LogP contribution is -2.46. The zero-order chi connectivity index (χ0) is 16.8. The predicted octanol–water partition coefficient (Wildman–Crippen LogP) is 2.94. The van der Waals surface area contributed by atoms with Crippen molar-refractivity contribution in [1.82, 2.24) is 10.2 Å². The number of rotatable bonds is 4. The molecular weight excluding hydrogens is 295 g/mol. The molecule has 1 aliphatic heterocycles. The highest BCUT2D eigenvalue weighted by atomic mass is 19.1. The summed E-state index contributed by atoms with van der Waals surface area (Å²) >= 11 is 0. The highest BCUT2D eigenvalue weighted by Gasteiger charge is 2.21. The molecule has 5 nitrogen and oxygen atoms in total. The minimum Gasteiger partial charge on any atom is -0.335 e. The topological polar surface area (TPSA) is 68.2 Å². The van der Waals surface area contributed by atoms with Crippen LogP contribution in [-0.2, 0) is 0 Å². The lowest BCUT2D eigenvalue weighted by Gasteiger charge is -2.33. The molecule has 1 saturated heterocycles. The van der Waals surface area contributed by atoms with Gasteiger partial charge in [-0.1, -0.05) is 13.8 Å². The summed E-state index contributed by atoms with van der Waals surface area (Å²) in [6.45, 7) is 7.44. The standard InChI is InChI=1S/C17H23FN4O/c1-12(2)11-22-7-5-15(6-8-22)20-17(23)21-16-4-3-14(18)9-13(16)10-19/h3-4,9,12,15H,5-8,11H2,1-2H3,(H2,20,21,23). The molecule has 0 aliphatic carbocycles. The number of anilines is 1. The van der Waals surface area contributed by atoms with Crippen molar-refractivity contribution in [1.29, 1.82) is 5.26 Å². The van der Waals surface area contributed by atoms with Crippen molar-refractivity contribution >= 4 is 11.7 Å². The molecule has 0 radical (unpaired) electrons. The van der Waals surface area contributed by atoms with Crippen LogP contribution in [0.15, 0.2) is 18.2 Å². The molecule has 2 amide bonds. The summed E-state index contributed by atoms with van der Waals surface area (Å²) in [6.07, 6.45) is 1.82. The highest BCUT2D eigenvalue weighted by Crippen LogP contribution is 2.16. The Morgan fingerprint density at radius 3 is 2.74 bits per heavy atom. The van der Waals surface area contributed by atoms with Crippen molar-refractivity contribution in [2.24, 2.45) is 5.92 Å². The highest BCUT2D eigenvalue weighted by molar-refractivity contribution is 5.90. The quantitative estimate of drug-likeness (QED) is 0.897. The normalized spacial score (nSPS) is 16.1. The molecule has 2 rings (SSSR count). The van der Waals surface area contributed by atoms with E-state index in [9.17, 15) is 9.18 Å². The third-order valence-electron chi connectivity index (χ3n) is 3.90. The molecule has 0 atom stereocenters.